The number of fused-ring (bicyclic) bond motifs is 1. The number of hydrogen-bond acceptors (Lipinski definition) is 5. The molecule has 3 aromatic rings. The van der Waals surface area contributed by atoms with Gasteiger partial charge < -0.3 is 14.8 Å². The number of amides is 2. The smallest absolute Gasteiger partial charge is 0.278 e. The zero-order chi connectivity index (χ0) is 22.0. The molecule has 0 spiro atoms. The van der Waals surface area contributed by atoms with Gasteiger partial charge in [-0.2, -0.15) is 0 Å². The van der Waals surface area contributed by atoms with E-state index in [0.717, 1.165) is 16.5 Å². The van der Waals surface area contributed by atoms with E-state index in [4.69, 9.17) is 9.47 Å². The van der Waals surface area contributed by atoms with Crippen LogP contribution in [0.4, 0.5) is 5.69 Å². The Hall–Kier alpha value is -3.80. The van der Waals surface area contributed by atoms with Crippen LogP contribution in [0.3, 0.4) is 0 Å². The number of nitrogens with one attached hydrogen (secondary N) is 1. The van der Waals surface area contributed by atoms with Crippen LogP contribution in [0.25, 0.3) is 16.3 Å². The number of benzene rings is 3. The Balaban J connectivity index is 1.86. The molecule has 0 atom stereocenters. The summed E-state index contributed by atoms with van der Waals surface area (Å²) < 4.78 is 10.7. The average molecular weight is 416 g/mol. The Morgan fingerprint density at radius 1 is 0.871 bits per heavy atom. The third-order valence-electron chi connectivity index (χ3n) is 5.34. The Morgan fingerprint density at radius 2 is 1.61 bits per heavy atom. The van der Waals surface area contributed by atoms with E-state index in [1.807, 2.05) is 49.4 Å². The number of methoxy groups -OCH3 is 2. The van der Waals surface area contributed by atoms with Crippen LogP contribution in [0.5, 0.6) is 11.5 Å². The fraction of sp³-hybridized carbons (Fsp3) is 0.200. The lowest BCUT2D eigenvalue weighted by atomic mass is 10.0. The number of nitrogens with zero attached hydrogens (tertiary/aromatic N) is 1. The zero-order valence-electron chi connectivity index (χ0n) is 17.8. The third-order valence-corrected chi connectivity index (χ3v) is 5.34. The molecular weight excluding hydrogens is 392 g/mol. The number of carbonyl (C=O) groups excluding carboxylic acids is 2. The Labute approximate surface area is 181 Å². The molecule has 3 aromatic carbocycles. The standard InChI is InChI=1S/C25H24N2O4/c1-4-14-27-24(28)22(17-12-13-20(30-2)21(15-17)31-3)23(25(27)29)26-19-11-7-9-16-8-5-6-10-18(16)19/h5-13,15,26H,4,14H2,1-3H3. The average Bonchev–Trinajstić information content (AvgIpc) is 3.03. The largest absolute Gasteiger partial charge is 0.493 e. The zero-order valence-corrected chi connectivity index (χ0v) is 17.8. The van der Waals surface area contributed by atoms with Crippen molar-refractivity contribution in [3.05, 3.63) is 71.9 Å². The van der Waals surface area contributed by atoms with Crippen LogP contribution in [0.1, 0.15) is 18.9 Å². The van der Waals surface area contributed by atoms with E-state index >= 15 is 0 Å². The molecule has 158 valence electrons. The van der Waals surface area contributed by atoms with Gasteiger partial charge in [-0.3, -0.25) is 14.5 Å². The van der Waals surface area contributed by atoms with Gasteiger partial charge in [-0.15, -0.1) is 0 Å². The molecule has 0 unspecified atom stereocenters. The summed E-state index contributed by atoms with van der Waals surface area (Å²) in [7, 11) is 3.09. The topological polar surface area (TPSA) is 67.9 Å². The minimum absolute atomic E-state index is 0.266. The first-order valence-electron chi connectivity index (χ1n) is 10.2. The quantitative estimate of drug-likeness (QED) is 0.576. The number of ether oxygens (including phenoxy) is 2. The fourth-order valence-corrected chi connectivity index (χ4v) is 3.85. The van der Waals surface area contributed by atoms with Gasteiger partial charge in [-0.1, -0.05) is 49.4 Å². The highest BCUT2D eigenvalue weighted by Gasteiger charge is 2.39. The maximum absolute atomic E-state index is 13.3. The van der Waals surface area contributed by atoms with Crippen LogP contribution >= 0.6 is 0 Å². The molecule has 6 nitrogen and oxygen atoms in total. The van der Waals surface area contributed by atoms with Crippen molar-refractivity contribution in [2.24, 2.45) is 0 Å². The van der Waals surface area contributed by atoms with Crippen molar-refractivity contribution in [3.8, 4) is 11.5 Å². The van der Waals surface area contributed by atoms with E-state index < -0.39 is 0 Å². The van der Waals surface area contributed by atoms with Gasteiger partial charge in [-0.05, 0) is 35.6 Å². The summed E-state index contributed by atoms with van der Waals surface area (Å²) >= 11 is 0. The summed E-state index contributed by atoms with van der Waals surface area (Å²) in [6.45, 7) is 2.29. The second-order valence-electron chi connectivity index (χ2n) is 7.23. The molecule has 0 aliphatic carbocycles. The van der Waals surface area contributed by atoms with Crippen LogP contribution in [0, 0.1) is 0 Å². The second kappa shape index (κ2) is 8.52. The van der Waals surface area contributed by atoms with E-state index in [2.05, 4.69) is 5.32 Å². The molecule has 1 heterocycles. The first-order chi connectivity index (χ1) is 15.1. The van der Waals surface area contributed by atoms with Crippen molar-refractivity contribution < 1.29 is 19.1 Å². The minimum Gasteiger partial charge on any atom is -0.493 e. The SMILES string of the molecule is CCCN1C(=O)C(Nc2cccc3ccccc23)=C(c2ccc(OC)c(OC)c2)C1=O. The monoisotopic (exact) mass is 416 g/mol. The molecule has 1 aliphatic rings. The van der Waals surface area contributed by atoms with Gasteiger partial charge in [0.05, 0.1) is 19.8 Å². The number of rotatable bonds is 7. The summed E-state index contributed by atoms with van der Waals surface area (Å²) in [5, 5.41) is 5.28. The van der Waals surface area contributed by atoms with Crippen LogP contribution in [0.2, 0.25) is 0 Å². The van der Waals surface area contributed by atoms with E-state index in [9.17, 15) is 9.59 Å². The Bertz CT molecular complexity index is 1190. The molecule has 0 aromatic heterocycles. The van der Waals surface area contributed by atoms with Crippen molar-refractivity contribution in [2.75, 3.05) is 26.1 Å². The lowest BCUT2D eigenvalue weighted by Crippen LogP contribution is -2.33. The molecule has 0 radical (unpaired) electrons. The van der Waals surface area contributed by atoms with Gasteiger partial charge in [0, 0.05) is 17.6 Å². The molecule has 31 heavy (non-hydrogen) atoms. The van der Waals surface area contributed by atoms with E-state index in [1.165, 1.54) is 12.0 Å². The lowest BCUT2D eigenvalue weighted by molar-refractivity contribution is -0.136. The van der Waals surface area contributed by atoms with Crippen molar-refractivity contribution in [2.45, 2.75) is 13.3 Å². The molecule has 0 saturated heterocycles. The van der Waals surface area contributed by atoms with Crippen molar-refractivity contribution in [1.29, 1.82) is 0 Å². The number of carbonyl (C=O) groups is 2. The minimum atomic E-state index is -0.329. The van der Waals surface area contributed by atoms with E-state index in [1.54, 1.807) is 25.3 Å². The first-order valence-corrected chi connectivity index (χ1v) is 10.2. The van der Waals surface area contributed by atoms with Crippen LogP contribution < -0.4 is 14.8 Å². The Kier molecular flexibility index (Phi) is 5.62. The summed E-state index contributed by atoms with van der Waals surface area (Å²) in [6, 6.07) is 19.0. The van der Waals surface area contributed by atoms with Gasteiger partial charge in [-0.25, -0.2) is 0 Å². The van der Waals surface area contributed by atoms with Crippen molar-refractivity contribution in [3.63, 3.8) is 0 Å². The van der Waals surface area contributed by atoms with Gasteiger partial charge in [0.25, 0.3) is 11.8 Å². The normalized spacial score (nSPS) is 13.8. The summed E-state index contributed by atoms with van der Waals surface area (Å²) in [5.41, 5.74) is 1.96. The molecule has 2 amide bonds. The molecule has 6 heteroatoms. The maximum Gasteiger partial charge on any atom is 0.278 e. The summed E-state index contributed by atoms with van der Waals surface area (Å²) in [6.07, 6.45) is 0.679. The van der Waals surface area contributed by atoms with Gasteiger partial charge in [0.1, 0.15) is 5.70 Å². The first kappa shape index (κ1) is 20.5. The summed E-state index contributed by atoms with van der Waals surface area (Å²) in [4.78, 5) is 27.8. The van der Waals surface area contributed by atoms with Crippen molar-refractivity contribution in [1.82, 2.24) is 4.90 Å². The van der Waals surface area contributed by atoms with Crippen LogP contribution in [0.15, 0.2) is 66.4 Å². The van der Waals surface area contributed by atoms with Gasteiger partial charge >= 0.3 is 0 Å². The van der Waals surface area contributed by atoms with Gasteiger partial charge in [0.15, 0.2) is 11.5 Å². The molecule has 0 fully saturated rings. The van der Waals surface area contributed by atoms with Crippen molar-refractivity contribution >= 4 is 33.8 Å². The highest BCUT2D eigenvalue weighted by Crippen LogP contribution is 2.36. The highest BCUT2D eigenvalue weighted by molar-refractivity contribution is 6.36. The fourth-order valence-electron chi connectivity index (χ4n) is 3.85. The predicted molar refractivity (Wildman–Crippen MR) is 121 cm³/mol. The van der Waals surface area contributed by atoms with E-state index in [0.29, 0.717) is 35.6 Å². The number of anilines is 1. The van der Waals surface area contributed by atoms with Gasteiger partial charge in [0.2, 0.25) is 0 Å². The lowest BCUT2D eigenvalue weighted by Gasteiger charge is -2.14. The molecule has 4 rings (SSSR count). The van der Waals surface area contributed by atoms with Crippen LogP contribution in [-0.4, -0.2) is 37.5 Å². The molecule has 0 bridgehead atoms. The predicted octanol–water partition coefficient (Wildman–Crippen LogP) is 4.46. The second-order valence-corrected chi connectivity index (χ2v) is 7.23. The summed E-state index contributed by atoms with van der Waals surface area (Å²) in [5.74, 6) is 0.398. The number of hydrogen-bond donors (Lipinski definition) is 1. The number of imide groups is 1. The maximum atomic E-state index is 13.3. The Morgan fingerprint density at radius 3 is 2.35 bits per heavy atom. The van der Waals surface area contributed by atoms with E-state index in [-0.39, 0.29) is 17.5 Å². The highest BCUT2D eigenvalue weighted by atomic mass is 16.5. The molecule has 1 N–H and O–H groups in total. The molecular formula is C25H24N2O4. The molecule has 0 saturated carbocycles. The van der Waals surface area contributed by atoms with Crippen LogP contribution in [-0.2, 0) is 9.59 Å². The third kappa shape index (κ3) is 3.61. The molecule has 1 aliphatic heterocycles.